The van der Waals surface area contributed by atoms with Crippen LogP contribution in [0.2, 0.25) is 0 Å². The third-order valence-electron chi connectivity index (χ3n) is 3.12. The molecule has 0 saturated heterocycles. The second-order valence-electron chi connectivity index (χ2n) is 5.71. The molecular weight excluding hydrogens is 232 g/mol. The Balaban J connectivity index is 3.90. The lowest BCUT2D eigenvalue weighted by atomic mass is 10.1. The summed E-state index contributed by atoms with van der Waals surface area (Å²) in [4.78, 5) is 10.8. The molecule has 0 amide bonds. The van der Waals surface area contributed by atoms with Crippen molar-refractivity contribution in [3.8, 4) is 0 Å². The van der Waals surface area contributed by atoms with E-state index < -0.39 is 0 Å². The van der Waals surface area contributed by atoms with E-state index in [1.807, 2.05) is 0 Å². The molecular formula is C18H30O. The van der Waals surface area contributed by atoms with Crippen LogP contribution < -0.4 is 0 Å². The van der Waals surface area contributed by atoms with Crippen molar-refractivity contribution in [3.05, 3.63) is 34.9 Å². The fourth-order valence-electron chi connectivity index (χ4n) is 1.87. The van der Waals surface area contributed by atoms with Crippen LogP contribution in [0.1, 0.15) is 73.1 Å². The first kappa shape index (κ1) is 17.9. The number of rotatable bonds is 9. The van der Waals surface area contributed by atoms with E-state index in [0.29, 0.717) is 12.2 Å². The summed E-state index contributed by atoms with van der Waals surface area (Å²) >= 11 is 0. The highest BCUT2D eigenvalue weighted by molar-refractivity contribution is 5.75. The maximum absolute atomic E-state index is 10.8. The molecule has 1 nitrogen and oxygen atoms in total. The van der Waals surface area contributed by atoms with E-state index in [4.69, 9.17) is 0 Å². The van der Waals surface area contributed by atoms with Crippen molar-refractivity contribution in [1.29, 1.82) is 0 Å². The van der Waals surface area contributed by atoms with Crippen LogP contribution in [0.5, 0.6) is 0 Å². The maximum atomic E-state index is 10.8. The smallest absolute Gasteiger partial charge is 0.129 e. The lowest BCUT2D eigenvalue weighted by Gasteiger charge is -2.00. The number of allylic oxidation sites excluding steroid dienone is 6. The van der Waals surface area contributed by atoms with Gasteiger partial charge in [0.1, 0.15) is 5.78 Å². The Hall–Kier alpha value is -1.11. The first-order valence-corrected chi connectivity index (χ1v) is 7.36. The molecule has 1 heteroatoms. The van der Waals surface area contributed by atoms with Crippen molar-refractivity contribution in [2.75, 3.05) is 0 Å². The molecule has 0 saturated carbocycles. The Morgan fingerprint density at radius 3 is 1.89 bits per heavy atom. The van der Waals surface area contributed by atoms with Crippen LogP contribution >= 0.6 is 0 Å². The number of hydrogen-bond donors (Lipinski definition) is 0. The number of carbonyl (C=O) groups excluding carboxylic acids is 1. The summed E-state index contributed by atoms with van der Waals surface area (Å²) in [5.74, 6) is 0.294. The molecule has 0 rings (SSSR count). The van der Waals surface area contributed by atoms with E-state index in [2.05, 4.69) is 45.9 Å². The summed E-state index contributed by atoms with van der Waals surface area (Å²) < 4.78 is 0. The van der Waals surface area contributed by atoms with Gasteiger partial charge in [0.15, 0.2) is 0 Å². The highest BCUT2D eigenvalue weighted by atomic mass is 16.1. The SMILES string of the molecule is CC(=O)CCC/C(C)=C/C/C=C(/C)CCC=C(C)C. The molecule has 0 aliphatic carbocycles. The van der Waals surface area contributed by atoms with E-state index >= 15 is 0 Å². The van der Waals surface area contributed by atoms with Gasteiger partial charge in [0.05, 0.1) is 0 Å². The zero-order valence-electron chi connectivity index (χ0n) is 13.4. The molecule has 0 unspecified atom stereocenters. The lowest BCUT2D eigenvalue weighted by Crippen LogP contribution is -1.89. The van der Waals surface area contributed by atoms with Crippen LogP contribution in [0.4, 0.5) is 0 Å². The monoisotopic (exact) mass is 262 g/mol. The fraction of sp³-hybridized carbons (Fsp3) is 0.611. The molecule has 0 spiro atoms. The summed E-state index contributed by atoms with van der Waals surface area (Å²) in [6.45, 7) is 10.3. The molecule has 19 heavy (non-hydrogen) atoms. The maximum Gasteiger partial charge on any atom is 0.129 e. The highest BCUT2D eigenvalue weighted by Crippen LogP contribution is 2.11. The molecule has 0 aromatic rings. The molecule has 0 aliphatic rings. The Bertz CT molecular complexity index is 352. The summed E-state index contributed by atoms with van der Waals surface area (Å²) in [7, 11) is 0. The summed E-state index contributed by atoms with van der Waals surface area (Å²) in [5.41, 5.74) is 4.26. The topological polar surface area (TPSA) is 17.1 Å². The predicted molar refractivity (Wildman–Crippen MR) is 85.3 cm³/mol. The summed E-state index contributed by atoms with van der Waals surface area (Å²) in [6, 6.07) is 0. The van der Waals surface area contributed by atoms with Gasteiger partial charge < -0.3 is 4.79 Å². The molecule has 0 fully saturated rings. The van der Waals surface area contributed by atoms with Gasteiger partial charge in [0, 0.05) is 6.42 Å². The average Bonchev–Trinajstić information content (AvgIpc) is 2.27. The number of Topliss-reactive ketones (excluding diaryl/α,β-unsaturated/α-hetero) is 1. The predicted octanol–water partition coefficient (Wildman–Crippen LogP) is 5.77. The van der Waals surface area contributed by atoms with Crippen LogP contribution in [-0.4, -0.2) is 5.78 Å². The molecule has 0 aromatic heterocycles. The summed E-state index contributed by atoms with van der Waals surface area (Å²) in [5, 5.41) is 0. The van der Waals surface area contributed by atoms with Gasteiger partial charge in [-0.1, -0.05) is 34.9 Å². The van der Waals surface area contributed by atoms with Crippen LogP contribution in [-0.2, 0) is 4.79 Å². The molecule has 0 atom stereocenters. The van der Waals surface area contributed by atoms with E-state index in [0.717, 1.165) is 32.1 Å². The second-order valence-corrected chi connectivity index (χ2v) is 5.71. The molecule has 0 heterocycles. The van der Waals surface area contributed by atoms with E-state index in [1.165, 1.54) is 16.7 Å². The van der Waals surface area contributed by atoms with Crippen LogP contribution in [0, 0.1) is 0 Å². The minimum Gasteiger partial charge on any atom is -0.300 e. The number of hydrogen-bond acceptors (Lipinski definition) is 1. The van der Waals surface area contributed by atoms with Gasteiger partial charge >= 0.3 is 0 Å². The Kier molecular flexibility index (Phi) is 10.1. The van der Waals surface area contributed by atoms with Crippen LogP contribution in [0.15, 0.2) is 34.9 Å². The molecule has 0 aromatic carbocycles. The van der Waals surface area contributed by atoms with Gasteiger partial charge in [-0.25, -0.2) is 0 Å². The number of carbonyl (C=O) groups is 1. The van der Waals surface area contributed by atoms with Gasteiger partial charge in [0.2, 0.25) is 0 Å². The van der Waals surface area contributed by atoms with Crippen LogP contribution in [0.25, 0.3) is 0 Å². The van der Waals surface area contributed by atoms with Gasteiger partial charge in [-0.3, -0.25) is 0 Å². The van der Waals surface area contributed by atoms with Gasteiger partial charge in [0.25, 0.3) is 0 Å². The first-order valence-electron chi connectivity index (χ1n) is 7.36. The van der Waals surface area contributed by atoms with Gasteiger partial charge in [-0.15, -0.1) is 0 Å². The van der Waals surface area contributed by atoms with Crippen molar-refractivity contribution in [1.82, 2.24) is 0 Å². The van der Waals surface area contributed by atoms with Gasteiger partial charge in [-0.2, -0.15) is 0 Å². The quantitative estimate of drug-likeness (QED) is 0.482. The molecule has 0 aliphatic heterocycles. The van der Waals surface area contributed by atoms with E-state index in [1.54, 1.807) is 6.92 Å². The Morgan fingerprint density at radius 2 is 1.37 bits per heavy atom. The second kappa shape index (κ2) is 10.8. The van der Waals surface area contributed by atoms with Crippen molar-refractivity contribution >= 4 is 5.78 Å². The normalized spacial score (nSPS) is 12.5. The van der Waals surface area contributed by atoms with Crippen molar-refractivity contribution in [2.24, 2.45) is 0 Å². The third kappa shape index (κ3) is 13.1. The highest BCUT2D eigenvalue weighted by Gasteiger charge is 1.94. The lowest BCUT2D eigenvalue weighted by molar-refractivity contribution is -0.117. The van der Waals surface area contributed by atoms with Crippen molar-refractivity contribution < 1.29 is 4.79 Å². The Labute approximate surface area is 119 Å². The van der Waals surface area contributed by atoms with E-state index in [-0.39, 0.29) is 0 Å². The summed E-state index contributed by atoms with van der Waals surface area (Å²) in [6.07, 6.45) is 13.0. The Morgan fingerprint density at radius 1 is 0.789 bits per heavy atom. The van der Waals surface area contributed by atoms with Crippen molar-refractivity contribution in [2.45, 2.75) is 73.1 Å². The van der Waals surface area contributed by atoms with Gasteiger partial charge in [-0.05, 0) is 66.7 Å². The van der Waals surface area contributed by atoms with Crippen LogP contribution in [0.3, 0.4) is 0 Å². The zero-order valence-corrected chi connectivity index (χ0v) is 13.4. The molecule has 0 radical (unpaired) electrons. The molecule has 0 N–H and O–H groups in total. The third-order valence-corrected chi connectivity index (χ3v) is 3.12. The first-order chi connectivity index (χ1) is 8.91. The number of ketones is 1. The minimum absolute atomic E-state index is 0.294. The minimum atomic E-state index is 0.294. The zero-order chi connectivity index (χ0) is 14.7. The molecule has 0 bridgehead atoms. The van der Waals surface area contributed by atoms with E-state index in [9.17, 15) is 4.79 Å². The van der Waals surface area contributed by atoms with Crippen molar-refractivity contribution in [3.63, 3.8) is 0 Å². The standard InChI is InChI=1S/C18H30O/c1-15(2)9-6-10-16(3)11-7-12-17(4)13-8-14-18(5)19/h9,11-12H,6-8,10,13-14H2,1-5H3/b16-11-,17-12+. The fourth-order valence-corrected chi connectivity index (χ4v) is 1.87. The molecule has 108 valence electrons. The average molecular weight is 262 g/mol. The largest absolute Gasteiger partial charge is 0.300 e.